The molecule has 0 aliphatic carbocycles. The second-order valence-corrected chi connectivity index (χ2v) is 6.98. The van der Waals surface area contributed by atoms with Gasteiger partial charge < -0.3 is 4.90 Å². The molecule has 2 aromatic rings. The van der Waals surface area contributed by atoms with Crippen molar-refractivity contribution in [2.75, 3.05) is 17.2 Å². The van der Waals surface area contributed by atoms with E-state index in [0.717, 1.165) is 24.2 Å². The van der Waals surface area contributed by atoms with Crippen LogP contribution in [0.5, 0.6) is 0 Å². The van der Waals surface area contributed by atoms with Crippen molar-refractivity contribution in [3.63, 3.8) is 0 Å². The first-order valence-electron chi connectivity index (χ1n) is 7.05. The lowest BCUT2D eigenvalue weighted by Crippen LogP contribution is -2.30. The molecule has 0 N–H and O–H groups in total. The highest BCUT2D eigenvalue weighted by Crippen LogP contribution is 2.29. The van der Waals surface area contributed by atoms with Crippen molar-refractivity contribution in [1.29, 1.82) is 0 Å². The van der Waals surface area contributed by atoms with Gasteiger partial charge in [-0.15, -0.1) is 11.8 Å². The lowest BCUT2D eigenvalue weighted by molar-refractivity contribution is -0.116. The van der Waals surface area contributed by atoms with Gasteiger partial charge in [0.15, 0.2) is 0 Å². The van der Waals surface area contributed by atoms with Crippen LogP contribution in [0.2, 0.25) is 10.0 Å². The molecule has 114 valence electrons. The maximum atomic E-state index is 12.4. The molecule has 2 aromatic carbocycles. The third-order valence-electron chi connectivity index (χ3n) is 3.69. The monoisotopic (exact) mass is 351 g/mol. The minimum Gasteiger partial charge on any atom is -0.311 e. The Morgan fingerprint density at radius 1 is 1.18 bits per heavy atom. The molecule has 0 spiro atoms. The van der Waals surface area contributed by atoms with E-state index in [1.807, 2.05) is 35.2 Å². The highest BCUT2D eigenvalue weighted by atomic mass is 35.5. The largest absolute Gasteiger partial charge is 0.311 e. The molecule has 0 bridgehead atoms. The molecule has 1 aliphatic heterocycles. The minimum absolute atomic E-state index is 0.153. The SMILES string of the molecule is O=C(CSCc1ccc(Cl)cc1Cl)N1CCc2ccccc21. The van der Waals surface area contributed by atoms with Crippen molar-refractivity contribution in [1.82, 2.24) is 0 Å². The van der Waals surface area contributed by atoms with Gasteiger partial charge in [-0.1, -0.05) is 47.5 Å². The average molecular weight is 352 g/mol. The van der Waals surface area contributed by atoms with Crippen molar-refractivity contribution < 1.29 is 4.79 Å². The lowest BCUT2D eigenvalue weighted by Gasteiger charge is -2.17. The Labute approximate surface area is 144 Å². The smallest absolute Gasteiger partial charge is 0.237 e. The van der Waals surface area contributed by atoms with Crippen LogP contribution < -0.4 is 4.90 Å². The fourth-order valence-corrected chi connectivity index (χ4v) is 4.02. The van der Waals surface area contributed by atoms with Crippen LogP contribution in [-0.4, -0.2) is 18.2 Å². The van der Waals surface area contributed by atoms with E-state index in [0.29, 0.717) is 21.6 Å². The van der Waals surface area contributed by atoms with Crippen LogP contribution in [0.25, 0.3) is 0 Å². The van der Waals surface area contributed by atoms with Crippen LogP contribution in [0.3, 0.4) is 0 Å². The van der Waals surface area contributed by atoms with Gasteiger partial charge in [0.1, 0.15) is 0 Å². The summed E-state index contributed by atoms with van der Waals surface area (Å²) in [4.78, 5) is 14.3. The number of nitrogens with zero attached hydrogens (tertiary/aromatic N) is 1. The summed E-state index contributed by atoms with van der Waals surface area (Å²) < 4.78 is 0. The average Bonchev–Trinajstić information content (AvgIpc) is 2.93. The highest BCUT2D eigenvalue weighted by Gasteiger charge is 2.23. The van der Waals surface area contributed by atoms with Crippen molar-refractivity contribution in [3.8, 4) is 0 Å². The quantitative estimate of drug-likeness (QED) is 0.787. The number of fused-ring (bicyclic) bond motifs is 1. The Morgan fingerprint density at radius 3 is 2.82 bits per heavy atom. The fourth-order valence-electron chi connectivity index (χ4n) is 2.56. The van der Waals surface area contributed by atoms with Crippen LogP contribution in [0.15, 0.2) is 42.5 Å². The van der Waals surface area contributed by atoms with Crippen molar-refractivity contribution in [2.24, 2.45) is 0 Å². The van der Waals surface area contributed by atoms with Gasteiger partial charge in [-0.2, -0.15) is 0 Å². The fraction of sp³-hybridized carbons (Fsp3) is 0.235. The van der Waals surface area contributed by atoms with Gasteiger partial charge >= 0.3 is 0 Å². The number of halogens is 2. The minimum atomic E-state index is 0.153. The maximum absolute atomic E-state index is 12.4. The molecule has 1 heterocycles. The van der Waals surface area contributed by atoms with Gasteiger partial charge in [-0.3, -0.25) is 4.79 Å². The number of rotatable bonds is 4. The number of thioether (sulfide) groups is 1. The number of anilines is 1. The number of para-hydroxylation sites is 1. The topological polar surface area (TPSA) is 20.3 Å². The number of amides is 1. The number of hydrogen-bond donors (Lipinski definition) is 0. The van der Waals surface area contributed by atoms with Gasteiger partial charge in [-0.25, -0.2) is 0 Å². The normalized spacial score (nSPS) is 13.3. The van der Waals surface area contributed by atoms with E-state index in [9.17, 15) is 4.79 Å². The summed E-state index contributed by atoms with van der Waals surface area (Å²) >= 11 is 13.6. The molecule has 0 saturated carbocycles. The molecule has 5 heteroatoms. The van der Waals surface area contributed by atoms with Gasteiger partial charge in [-0.05, 0) is 35.7 Å². The van der Waals surface area contributed by atoms with E-state index < -0.39 is 0 Å². The van der Waals surface area contributed by atoms with E-state index >= 15 is 0 Å². The number of benzene rings is 2. The summed E-state index contributed by atoms with van der Waals surface area (Å²) in [6.07, 6.45) is 0.940. The zero-order valence-corrected chi connectivity index (χ0v) is 14.2. The standard InChI is InChI=1S/C17H15Cl2NOS/c18-14-6-5-13(15(19)9-14)10-22-11-17(21)20-8-7-12-3-1-2-4-16(12)20/h1-6,9H,7-8,10-11H2. The Balaban J connectivity index is 1.57. The van der Waals surface area contributed by atoms with Crippen LogP contribution in [0.4, 0.5) is 5.69 Å². The maximum Gasteiger partial charge on any atom is 0.237 e. The molecule has 22 heavy (non-hydrogen) atoms. The molecule has 0 radical (unpaired) electrons. The van der Waals surface area contributed by atoms with E-state index in [1.54, 1.807) is 17.8 Å². The second kappa shape index (κ2) is 6.95. The summed E-state index contributed by atoms with van der Waals surface area (Å²) in [6, 6.07) is 13.6. The summed E-state index contributed by atoms with van der Waals surface area (Å²) in [6.45, 7) is 0.778. The van der Waals surface area contributed by atoms with Crippen molar-refractivity contribution >= 4 is 46.6 Å². The van der Waals surface area contributed by atoms with Crippen molar-refractivity contribution in [3.05, 3.63) is 63.6 Å². The van der Waals surface area contributed by atoms with Crippen LogP contribution >= 0.6 is 35.0 Å². The molecule has 2 nitrogen and oxygen atoms in total. The molecule has 0 fully saturated rings. The predicted octanol–water partition coefficient (Wildman–Crippen LogP) is 4.82. The molecule has 0 saturated heterocycles. The molecule has 3 rings (SSSR count). The zero-order chi connectivity index (χ0) is 15.5. The lowest BCUT2D eigenvalue weighted by atomic mass is 10.2. The van der Waals surface area contributed by atoms with E-state index in [-0.39, 0.29) is 5.91 Å². The zero-order valence-electron chi connectivity index (χ0n) is 11.9. The molecule has 0 unspecified atom stereocenters. The molecule has 1 amide bonds. The van der Waals surface area contributed by atoms with Crippen LogP contribution in [0.1, 0.15) is 11.1 Å². The summed E-state index contributed by atoms with van der Waals surface area (Å²) in [5.41, 5.74) is 3.31. The van der Waals surface area contributed by atoms with Gasteiger partial charge in [0.05, 0.1) is 5.75 Å². The molecule has 1 aliphatic rings. The molecule has 0 aromatic heterocycles. The molecule has 0 atom stereocenters. The first-order valence-corrected chi connectivity index (χ1v) is 8.96. The second-order valence-electron chi connectivity index (χ2n) is 5.15. The number of carbonyl (C=O) groups is 1. The molecular weight excluding hydrogens is 337 g/mol. The first kappa shape index (κ1) is 15.7. The van der Waals surface area contributed by atoms with Crippen LogP contribution in [0, 0.1) is 0 Å². The summed E-state index contributed by atoms with van der Waals surface area (Å²) in [5, 5.41) is 1.28. The highest BCUT2D eigenvalue weighted by molar-refractivity contribution is 7.99. The predicted molar refractivity (Wildman–Crippen MR) is 95.1 cm³/mol. The number of hydrogen-bond acceptors (Lipinski definition) is 2. The van der Waals surface area contributed by atoms with Gasteiger partial charge in [0.25, 0.3) is 0 Å². The third-order valence-corrected chi connectivity index (χ3v) is 5.24. The Kier molecular flexibility index (Phi) is 4.97. The van der Waals surface area contributed by atoms with Gasteiger partial charge in [0.2, 0.25) is 5.91 Å². The Bertz CT molecular complexity index is 705. The van der Waals surface area contributed by atoms with Crippen LogP contribution in [-0.2, 0) is 17.0 Å². The summed E-state index contributed by atoms with van der Waals surface area (Å²) in [5.74, 6) is 1.31. The van der Waals surface area contributed by atoms with Crippen molar-refractivity contribution in [2.45, 2.75) is 12.2 Å². The van der Waals surface area contributed by atoms with E-state index in [2.05, 4.69) is 6.07 Å². The van der Waals surface area contributed by atoms with E-state index in [4.69, 9.17) is 23.2 Å². The Morgan fingerprint density at radius 2 is 2.00 bits per heavy atom. The molecular formula is C17H15Cl2NOS. The number of carbonyl (C=O) groups excluding carboxylic acids is 1. The van der Waals surface area contributed by atoms with E-state index in [1.165, 1.54) is 5.56 Å². The third kappa shape index (κ3) is 3.43. The van der Waals surface area contributed by atoms with Gasteiger partial charge in [0, 0.05) is 28.0 Å². The first-order chi connectivity index (χ1) is 10.6. The Hall–Kier alpha value is -1.16. The summed E-state index contributed by atoms with van der Waals surface area (Å²) in [7, 11) is 0.